The van der Waals surface area contributed by atoms with Crippen molar-refractivity contribution in [3.8, 4) is 0 Å². The molecule has 1 aromatic carbocycles. The Hall–Kier alpha value is -0.830. The van der Waals surface area contributed by atoms with Gasteiger partial charge in [0.15, 0.2) is 0 Å². The van der Waals surface area contributed by atoms with Gasteiger partial charge < -0.3 is 5.32 Å². The Bertz CT molecular complexity index is 353. The van der Waals surface area contributed by atoms with Crippen molar-refractivity contribution < 1.29 is 4.79 Å². The number of hydrogen-bond acceptors (Lipinski definition) is 1. The lowest BCUT2D eigenvalue weighted by molar-refractivity contribution is -0.123. The highest BCUT2D eigenvalue weighted by molar-refractivity contribution is 9.09. The van der Waals surface area contributed by atoms with Crippen molar-refractivity contribution in [2.75, 3.05) is 5.33 Å². The highest BCUT2D eigenvalue weighted by Gasteiger charge is 2.19. The maximum absolute atomic E-state index is 12.2. The molecule has 2 unspecified atom stereocenters. The third-order valence-corrected chi connectivity index (χ3v) is 3.65. The van der Waals surface area contributed by atoms with E-state index in [4.69, 9.17) is 0 Å². The minimum atomic E-state index is -0.0300. The van der Waals surface area contributed by atoms with Gasteiger partial charge >= 0.3 is 0 Å². The summed E-state index contributed by atoms with van der Waals surface area (Å²) in [6, 6.07) is 10.2. The summed E-state index contributed by atoms with van der Waals surface area (Å²) >= 11 is 3.41. The first kappa shape index (κ1) is 15.2. The van der Waals surface area contributed by atoms with Crippen LogP contribution in [-0.2, 0) is 4.79 Å². The second-order valence-corrected chi connectivity index (χ2v) is 5.41. The van der Waals surface area contributed by atoms with Crippen LogP contribution in [0.1, 0.15) is 44.6 Å². The molecule has 1 aromatic rings. The second-order valence-electron chi connectivity index (χ2n) is 4.61. The first-order valence-electron chi connectivity index (χ1n) is 6.60. The van der Waals surface area contributed by atoms with E-state index in [0.717, 1.165) is 30.2 Å². The number of carbonyl (C=O) groups excluding carboxylic acids is 1. The third kappa shape index (κ3) is 4.81. The molecule has 1 amide bonds. The molecule has 18 heavy (non-hydrogen) atoms. The molecule has 0 aliphatic heterocycles. The predicted octanol–water partition coefficient (Wildman–Crippen LogP) is 3.86. The lowest BCUT2D eigenvalue weighted by atomic mass is 9.95. The quantitative estimate of drug-likeness (QED) is 0.761. The SMILES string of the molecule is CCC(C(=O)NC(C)CCCBr)c1ccccc1. The number of amides is 1. The summed E-state index contributed by atoms with van der Waals surface area (Å²) in [4.78, 5) is 12.2. The Balaban J connectivity index is 2.58. The maximum atomic E-state index is 12.2. The summed E-state index contributed by atoms with van der Waals surface area (Å²) in [6.07, 6.45) is 2.94. The monoisotopic (exact) mass is 311 g/mol. The Kier molecular flexibility index (Phi) is 7.02. The molecular weight excluding hydrogens is 290 g/mol. The van der Waals surface area contributed by atoms with Crippen LogP contribution in [0.15, 0.2) is 30.3 Å². The number of rotatable bonds is 7. The topological polar surface area (TPSA) is 29.1 Å². The van der Waals surface area contributed by atoms with Gasteiger partial charge in [-0.2, -0.15) is 0 Å². The molecule has 0 aliphatic rings. The molecule has 0 saturated carbocycles. The number of carbonyl (C=O) groups is 1. The molecule has 2 nitrogen and oxygen atoms in total. The van der Waals surface area contributed by atoms with E-state index in [9.17, 15) is 4.79 Å². The van der Waals surface area contributed by atoms with E-state index in [1.54, 1.807) is 0 Å². The van der Waals surface area contributed by atoms with Crippen LogP contribution in [0, 0.1) is 0 Å². The highest BCUT2D eigenvalue weighted by atomic mass is 79.9. The zero-order valence-electron chi connectivity index (χ0n) is 11.2. The summed E-state index contributed by atoms with van der Waals surface area (Å²) in [5.74, 6) is 0.114. The summed E-state index contributed by atoms with van der Waals surface area (Å²) in [6.45, 7) is 4.12. The molecule has 100 valence electrons. The number of nitrogens with one attached hydrogen (secondary N) is 1. The van der Waals surface area contributed by atoms with Crippen LogP contribution in [0.3, 0.4) is 0 Å². The lowest BCUT2D eigenvalue weighted by Crippen LogP contribution is -2.36. The molecule has 1 rings (SSSR count). The Morgan fingerprint density at radius 1 is 1.33 bits per heavy atom. The van der Waals surface area contributed by atoms with Crippen LogP contribution in [-0.4, -0.2) is 17.3 Å². The molecule has 0 aliphatic carbocycles. The van der Waals surface area contributed by atoms with Gasteiger partial charge in [0.25, 0.3) is 0 Å². The zero-order chi connectivity index (χ0) is 13.4. The van der Waals surface area contributed by atoms with Gasteiger partial charge in [0.1, 0.15) is 0 Å². The first-order valence-corrected chi connectivity index (χ1v) is 7.72. The van der Waals surface area contributed by atoms with Gasteiger partial charge in [-0.3, -0.25) is 4.79 Å². The van der Waals surface area contributed by atoms with Crippen LogP contribution in [0.4, 0.5) is 0 Å². The van der Waals surface area contributed by atoms with Gasteiger partial charge in [-0.25, -0.2) is 0 Å². The third-order valence-electron chi connectivity index (χ3n) is 3.09. The van der Waals surface area contributed by atoms with Crippen molar-refractivity contribution in [3.05, 3.63) is 35.9 Å². The van der Waals surface area contributed by atoms with E-state index in [2.05, 4.69) is 35.1 Å². The van der Waals surface area contributed by atoms with Gasteiger partial charge in [-0.1, -0.05) is 53.2 Å². The second kappa shape index (κ2) is 8.30. The Labute approximate surface area is 118 Å². The van der Waals surface area contributed by atoms with Crippen molar-refractivity contribution in [2.45, 2.75) is 45.1 Å². The Morgan fingerprint density at radius 2 is 2.00 bits per heavy atom. The van der Waals surface area contributed by atoms with Gasteiger partial charge in [0.2, 0.25) is 5.91 Å². The van der Waals surface area contributed by atoms with E-state index < -0.39 is 0 Å². The molecule has 0 saturated heterocycles. The van der Waals surface area contributed by atoms with E-state index in [0.29, 0.717) is 0 Å². The molecule has 1 N–H and O–H groups in total. The number of hydrogen-bond donors (Lipinski definition) is 1. The fourth-order valence-corrected chi connectivity index (χ4v) is 2.38. The summed E-state index contributed by atoms with van der Waals surface area (Å²) in [5.41, 5.74) is 1.10. The summed E-state index contributed by atoms with van der Waals surface area (Å²) in [5, 5.41) is 4.09. The molecule has 2 atom stereocenters. The smallest absolute Gasteiger partial charge is 0.227 e. The van der Waals surface area contributed by atoms with Crippen LogP contribution in [0.5, 0.6) is 0 Å². The molecule has 0 bridgehead atoms. The standard InChI is InChI=1S/C15H22BrNO/c1-3-14(13-9-5-4-6-10-13)15(18)17-12(2)8-7-11-16/h4-6,9-10,12,14H,3,7-8,11H2,1-2H3,(H,17,18). The minimum Gasteiger partial charge on any atom is -0.353 e. The van der Waals surface area contributed by atoms with E-state index >= 15 is 0 Å². The van der Waals surface area contributed by atoms with E-state index in [-0.39, 0.29) is 17.9 Å². The fourth-order valence-electron chi connectivity index (χ4n) is 2.06. The predicted molar refractivity (Wildman–Crippen MR) is 80.1 cm³/mol. The average Bonchev–Trinajstić information content (AvgIpc) is 2.38. The molecule has 0 spiro atoms. The Morgan fingerprint density at radius 3 is 2.56 bits per heavy atom. The fraction of sp³-hybridized carbons (Fsp3) is 0.533. The molecule has 0 radical (unpaired) electrons. The molecule has 3 heteroatoms. The number of benzene rings is 1. The van der Waals surface area contributed by atoms with Crippen molar-refractivity contribution in [3.63, 3.8) is 0 Å². The molecule has 0 fully saturated rings. The summed E-state index contributed by atoms with van der Waals surface area (Å²) in [7, 11) is 0. The largest absolute Gasteiger partial charge is 0.353 e. The number of alkyl halides is 1. The van der Waals surface area contributed by atoms with Crippen LogP contribution >= 0.6 is 15.9 Å². The zero-order valence-corrected chi connectivity index (χ0v) is 12.7. The van der Waals surface area contributed by atoms with E-state index in [1.807, 2.05) is 30.3 Å². The van der Waals surface area contributed by atoms with Gasteiger partial charge in [0, 0.05) is 11.4 Å². The molecular formula is C15H22BrNO. The minimum absolute atomic E-state index is 0.0300. The van der Waals surface area contributed by atoms with Crippen molar-refractivity contribution in [1.29, 1.82) is 0 Å². The van der Waals surface area contributed by atoms with Gasteiger partial charge in [0.05, 0.1) is 5.92 Å². The summed E-state index contributed by atoms with van der Waals surface area (Å²) < 4.78 is 0. The molecule has 0 heterocycles. The van der Waals surface area contributed by atoms with E-state index in [1.165, 1.54) is 0 Å². The average molecular weight is 312 g/mol. The van der Waals surface area contributed by atoms with Crippen LogP contribution in [0.2, 0.25) is 0 Å². The van der Waals surface area contributed by atoms with Crippen molar-refractivity contribution >= 4 is 21.8 Å². The van der Waals surface area contributed by atoms with Gasteiger partial charge in [-0.15, -0.1) is 0 Å². The van der Waals surface area contributed by atoms with Crippen molar-refractivity contribution in [1.82, 2.24) is 5.32 Å². The van der Waals surface area contributed by atoms with Crippen molar-refractivity contribution in [2.24, 2.45) is 0 Å². The highest BCUT2D eigenvalue weighted by Crippen LogP contribution is 2.19. The first-order chi connectivity index (χ1) is 8.69. The number of halogens is 1. The van der Waals surface area contributed by atoms with Gasteiger partial charge in [-0.05, 0) is 31.7 Å². The molecule has 0 aromatic heterocycles. The normalized spacial score (nSPS) is 13.9. The maximum Gasteiger partial charge on any atom is 0.227 e. The van der Waals surface area contributed by atoms with Crippen LogP contribution in [0.25, 0.3) is 0 Å². The lowest BCUT2D eigenvalue weighted by Gasteiger charge is -2.19. The van der Waals surface area contributed by atoms with Crippen LogP contribution < -0.4 is 5.32 Å².